The first kappa shape index (κ1) is 13.7. The maximum atomic E-state index is 11.9. The summed E-state index contributed by atoms with van der Waals surface area (Å²) in [4.78, 5) is 13.8. The van der Waals surface area contributed by atoms with Crippen LogP contribution in [0.3, 0.4) is 0 Å². The molecule has 0 heterocycles. The number of hydrogen-bond acceptors (Lipinski definition) is 2. The lowest BCUT2D eigenvalue weighted by molar-refractivity contribution is -0.131. The molecule has 2 N–H and O–H groups in total. The van der Waals surface area contributed by atoms with E-state index in [1.54, 1.807) is 0 Å². The SMILES string of the molecule is CCN(CCCN)C(=O)CCc1ccccc1. The van der Waals surface area contributed by atoms with Gasteiger partial charge in [0.1, 0.15) is 0 Å². The van der Waals surface area contributed by atoms with Crippen LogP contribution in [0.15, 0.2) is 30.3 Å². The molecule has 3 nitrogen and oxygen atoms in total. The Balaban J connectivity index is 2.37. The lowest BCUT2D eigenvalue weighted by Crippen LogP contribution is -2.32. The number of amides is 1. The number of carbonyl (C=O) groups excluding carboxylic acids is 1. The normalized spacial score (nSPS) is 10.2. The third-order valence-electron chi connectivity index (χ3n) is 2.84. The summed E-state index contributed by atoms with van der Waals surface area (Å²) in [6.45, 7) is 4.20. The van der Waals surface area contributed by atoms with E-state index in [1.165, 1.54) is 5.56 Å². The fourth-order valence-electron chi connectivity index (χ4n) is 1.80. The molecule has 0 aliphatic rings. The highest BCUT2D eigenvalue weighted by Gasteiger charge is 2.10. The van der Waals surface area contributed by atoms with Crippen molar-refractivity contribution in [3.8, 4) is 0 Å². The summed E-state index contributed by atoms with van der Waals surface area (Å²) in [5.41, 5.74) is 6.68. The van der Waals surface area contributed by atoms with E-state index in [4.69, 9.17) is 5.73 Å². The van der Waals surface area contributed by atoms with Gasteiger partial charge >= 0.3 is 0 Å². The molecule has 0 saturated heterocycles. The summed E-state index contributed by atoms with van der Waals surface area (Å²) in [6, 6.07) is 10.1. The molecule has 0 bridgehead atoms. The number of benzene rings is 1. The Morgan fingerprint density at radius 3 is 2.59 bits per heavy atom. The minimum atomic E-state index is 0.227. The molecule has 0 atom stereocenters. The van der Waals surface area contributed by atoms with Crippen LogP contribution in [0.25, 0.3) is 0 Å². The Kier molecular flexibility index (Phi) is 6.33. The van der Waals surface area contributed by atoms with Crippen LogP contribution in [0.4, 0.5) is 0 Å². The molecule has 17 heavy (non-hydrogen) atoms. The van der Waals surface area contributed by atoms with Crippen LogP contribution >= 0.6 is 0 Å². The van der Waals surface area contributed by atoms with E-state index in [0.29, 0.717) is 13.0 Å². The molecule has 0 spiro atoms. The van der Waals surface area contributed by atoms with Crippen molar-refractivity contribution in [3.63, 3.8) is 0 Å². The predicted octanol–water partition coefficient (Wildman–Crippen LogP) is 1.82. The van der Waals surface area contributed by atoms with Crippen molar-refractivity contribution in [1.82, 2.24) is 4.90 Å². The number of rotatable bonds is 7. The van der Waals surface area contributed by atoms with Crippen molar-refractivity contribution in [3.05, 3.63) is 35.9 Å². The first-order chi connectivity index (χ1) is 8.27. The van der Waals surface area contributed by atoms with Crippen molar-refractivity contribution in [2.45, 2.75) is 26.2 Å². The van der Waals surface area contributed by atoms with Gasteiger partial charge in [0, 0.05) is 19.5 Å². The van der Waals surface area contributed by atoms with Crippen LogP contribution in [0.2, 0.25) is 0 Å². The second-order valence-electron chi connectivity index (χ2n) is 4.10. The third-order valence-corrected chi connectivity index (χ3v) is 2.84. The van der Waals surface area contributed by atoms with Gasteiger partial charge in [-0.2, -0.15) is 0 Å². The Labute approximate surface area is 104 Å². The van der Waals surface area contributed by atoms with E-state index in [0.717, 1.165) is 25.9 Å². The van der Waals surface area contributed by atoms with Gasteiger partial charge in [-0.05, 0) is 31.9 Å². The summed E-state index contributed by atoms with van der Waals surface area (Å²) in [5.74, 6) is 0.227. The first-order valence-corrected chi connectivity index (χ1v) is 6.29. The second kappa shape index (κ2) is 7.85. The van der Waals surface area contributed by atoms with Crippen molar-refractivity contribution in [2.75, 3.05) is 19.6 Å². The lowest BCUT2D eigenvalue weighted by Gasteiger charge is -2.20. The van der Waals surface area contributed by atoms with E-state index in [9.17, 15) is 4.79 Å². The van der Waals surface area contributed by atoms with Crippen LogP contribution in [-0.4, -0.2) is 30.4 Å². The first-order valence-electron chi connectivity index (χ1n) is 6.29. The molecule has 0 fully saturated rings. The number of aryl methyl sites for hydroxylation is 1. The van der Waals surface area contributed by atoms with Crippen molar-refractivity contribution in [1.29, 1.82) is 0 Å². The maximum absolute atomic E-state index is 11.9. The molecule has 0 aromatic heterocycles. The summed E-state index contributed by atoms with van der Waals surface area (Å²) in [7, 11) is 0. The lowest BCUT2D eigenvalue weighted by atomic mass is 10.1. The molecule has 0 unspecified atom stereocenters. The highest BCUT2D eigenvalue weighted by Crippen LogP contribution is 2.05. The minimum absolute atomic E-state index is 0.227. The molecule has 1 amide bonds. The standard InChI is InChI=1S/C14H22N2O/c1-2-16(12-6-11-15)14(17)10-9-13-7-4-3-5-8-13/h3-5,7-8H,2,6,9-12,15H2,1H3. The Hall–Kier alpha value is -1.35. The number of carbonyl (C=O) groups is 1. The van der Waals surface area contributed by atoms with Crippen LogP contribution < -0.4 is 5.73 Å². The molecule has 0 aliphatic heterocycles. The topological polar surface area (TPSA) is 46.3 Å². The van der Waals surface area contributed by atoms with Gasteiger partial charge in [-0.25, -0.2) is 0 Å². The summed E-state index contributed by atoms with van der Waals surface area (Å²) >= 11 is 0. The molecule has 1 aromatic carbocycles. The maximum Gasteiger partial charge on any atom is 0.222 e. The molecule has 94 valence electrons. The van der Waals surface area contributed by atoms with E-state index in [-0.39, 0.29) is 5.91 Å². The highest BCUT2D eigenvalue weighted by atomic mass is 16.2. The monoisotopic (exact) mass is 234 g/mol. The fraction of sp³-hybridized carbons (Fsp3) is 0.500. The molecule has 1 aromatic rings. The zero-order valence-corrected chi connectivity index (χ0v) is 10.6. The molecule has 0 radical (unpaired) electrons. The smallest absolute Gasteiger partial charge is 0.222 e. The van der Waals surface area contributed by atoms with Gasteiger partial charge in [-0.1, -0.05) is 30.3 Å². The van der Waals surface area contributed by atoms with E-state index in [1.807, 2.05) is 30.0 Å². The van der Waals surface area contributed by atoms with E-state index in [2.05, 4.69) is 12.1 Å². The number of hydrogen-bond donors (Lipinski definition) is 1. The quantitative estimate of drug-likeness (QED) is 0.782. The zero-order valence-electron chi connectivity index (χ0n) is 10.6. The highest BCUT2D eigenvalue weighted by molar-refractivity contribution is 5.76. The molecule has 1 rings (SSSR count). The average molecular weight is 234 g/mol. The molecule has 0 aliphatic carbocycles. The Morgan fingerprint density at radius 2 is 2.00 bits per heavy atom. The van der Waals surface area contributed by atoms with Crippen molar-refractivity contribution < 1.29 is 4.79 Å². The molecular weight excluding hydrogens is 212 g/mol. The van der Waals surface area contributed by atoms with E-state index < -0.39 is 0 Å². The van der Waals surface area contributed by atoms with Gasteiger partial charge in [-0.3, -0.25) is 4.79 Å². The fourth-order valence-corrected chi connectivity index (χ4v) is 1.80. The summed E-state index contributed by atoms with van der Waals surface area (Å²) in [6.07, 6.45) is 2.28. The van der Waals surface area contributed by atoms with E-state index >= 15 is 0 Å². The van der Waals surface area contributed by atoms with Gasteiger partial charge in [0.05, 0.1) is 0 Å². The Bertz CT molecular complexity index is 324. The summed E-state index contributed by atoms with van der Waals surface area (Å²) < 4.78 is 0. The predicted molar refractivity (Wildman–Crippen MR) is 70.7 cm³/mol. The van der Waals surface area contributed by atoms with Crippen LogP contribution in [0.5, 0.6) is 0 Å². The van der Waals surface area contributed by atoms with Gasteiger partial charge in [0.25, 0.3) is 0 Å². The van der Waals surface area contributed by atoms with Crippen LogP contribution in [0, 0.1) is 0 Å². The van der Waals surface area contributed by atoms with Gasteiger partial charge < -0.3 is 10.6 Å². The molecule has 0 saturated carbocycles. The molecular formula is C14H22N2O. The average Bonchev–Trinajstić information content (AvgIpc) is 2.38. The number of nitrogens with zero attached hydrogens (tertiary/aromatic N) is 1. The van der Waals surface area contributed by atoms with Gasteiger partial charge in [0.15, 0.2) is 0 Å². The minimum Gasteiger partial charge on any atom is -0.343 e. The number of nitrogens with two attached hydrogens (primary N) is 1. The van der Waals surface area contributed by atoms with Crippen molar-refractivity contribution in [2.24, 2.45) is 5.73 Å². The van der Waals surface area contributed by atoms with Gasteiger partial charge in [-0.15, -0.1) is 0 Å². The third kappa shape index (κ3) is 5.00. The molecule has 3 heteroatoms. The largest absolute Gasteiger partial charge is 0.343 e. The summed E-state index contributed by atoms with van der Waals surface area (Å²) in [5, 5.41) is 0. The van der Waals surface area contributed by atoms with Crippen molar-refractivity contribution >= 4 is 5.91 Å². The van der Waals surface area contributed by atoms with Crippen LogP contribution in [-0.2, 0) is 11.2 Å². The van der Waals surface area contributed by atoms with Crippen LogP contribution in [0.1, 0.15) is 25.3 Å². The second-order valence-corrected chi connectivity index (χ2v) is 4.10. The Morgan fingerprint density at radius 1 is 1.29 bits per heavy atom. The van der Waals surface area contributed by atoms with Gasteiger partial charge in [0.2, 0.25) is 5.91 Å². The zero-order chi connectivity index (χ0) is 12.5.